The molecule has 2 aromatic rings. The van der Waals surface area contributed by atoms with E-state index in [0.717, 1.165) is 11.5 Å². The number of esters is 1. The fourth-order valence-electron chi connectivity index (χ4n) is 1.60. The fraction of sp³-hybridized carbons (Fsp3) is 0.214. The van der Waals surface area contributed by atoms with Crippen LogP contribution in [-0.2, 0) is 16.1 Å². The molecule has 0 bridgehead atoms. The molecule has 0 spiro atoms. The Balaban J connectivity index is 2.01. The molecule has 6 nitrogen and oxygen atoms in total. The van der Waals surface area contributed by atoms with Crippen molar-refractivity contribution in [2.24, 2.45) is 0 Å². The Morgan fingerprint density at radius 3 is 2.82 bits per heavy atom. The highest BCUT2D eigenvalue weighted by Crippen LogP contribution is 2.25. The number of carbonyl (C=O) groups is 1. The number of benzene rings is 1. The number of halogens is 1. The van der Waals surface area contributed by atoms with E-state index in [0.29, 0.717) is 27.1 Å². The summed E-state index contributed by atoms with van der Waals surface area (Å²) in [5, 5.41) is 3.75. The first kappa shape index (κ1) is 16.3. The molecule has 116 valence electrons. The van der Waals surface area contributed by atoms with E-state index in [1.54, 1.807) is 38.5 Å². The van der Waals surface area contributed by atoms with Gasteiger partial charge in [-0.25, -0.2) is 4.79 Å². The van der Waals surface area contributed by atoms with Crippen LogP contribution in [0.1, 0.15) is 11.3 Å². The molecule has 0 saturated heterocycles. The second-order valence-electron chi connectivity index (χ2n) is 4.04. The van der Waals surface area contributed by atoms with Crippen LogP contribution < -0.4 is 9.47 Å². The van der Waals surface area contributed by atoms with Gasteiger partial charge in [0.25, 0.3) is 0 Å². The van der Waals surface area contributed by atoms with Crippen molar-refractivity contribution in [3.8, 4) is 11.5 Å². The van der Waals surface area contributed by atoms with Crippen molar-refractivity contribution in [2.75, 3.05) is 14.2 Å². The molecule has 0 atom stereocenters. The Morgan fingerprint density at radius 1 is 1.36 bits per heavy atom. The molecule has 0 radical (unpaired) electrons. The van der Waals surface area contributed by atoms with Crippen LogP contribution in [0.2, 0.25) is 4.34 Å². The summed E-state index contributed by atoms with van der Waals surface area (Å²) in [6, 6.07) is 5.28. The predicted molar refractivity (Wildman–Crippen MR) is 83.3 cm³/mol. The molecule has 0 aliphatic carbocycles. The Bertz CT molecular complexity index is 687. The van der Waals surface area contributed by atoms with E-state index in [1.807, 2.05) is 0 Å². The Labute approximate surface area is 136 Å². The van der Waals surface area contributed by atoms with Crippen LogP contribution in [0.5, 0.6) is 11.5 Å². The highest BCUT2D eigenvalue weighted by Gasteiger charge is 2.08. The highest BCUT2D eigenvalue weighted by molar-refractivity contribution is 7.10. The minimum absolute atomic E-state index is 0.0201. The van der Waals surface area contributed by atoms with Gasteiger partial charge in [-0.1, -0.05) is 16.1 Å². The summed E-state index contributed by atoms with van der Waals surface area (Å²) < 4.78 is 19.5. The zero-order valence-corrected chi connectivity index (χ0v) is 13.5. The van der Waals surface area contributed by atoms with Crippen molar-refractivity contribution in [1.29, 1.82) is 0 Å². The van der Waals surface area contributed by atoms with Gasteiger partial charge in [0.15, 0.2) is 0 Å². The third kappa shape index (κ3) is 4.19. The van der Waals surface area contributed by atoms with Gasteiger partial charge in [0.05, 0.1) is 14.2 Å². The molecule has 1 aromatic carbocycles. The maximum atomic E-state index is 11.7. The van der Waals surface area contributed by atoms with Crippen LogP contribution in [-0.4, -0.2) is 29.8 Å². The fourth-order valence-corrected chi connectivity index (χ4v) is 2.20. The van der Waals surface area contributed by atoms with Crippen molar-refractivity contribution in [3.05, 3.63) is 39.9 Å². The number of aromatic nitrogens is 2. The van der Waals surface area contributed by atoms with Gasteiger partial charge in [-0.3, -0.25) is 0 Å². The van der Waals surface area contributed by atoms with Gasteiger partial charge >= 0.3 is 5.97 Å². The lowest BCUT2D eigenvalue weighted by molar-refractivity contribution is -0.139. The summed E-state index contributed by atoms with van der Waals surface area (Å²) in [5.74, 6) is 0.764. The molecular weight excluding hydrogens is 328 g/mol. The summed E-state index contributed by atoms with van der Waals surface area (Å²) in [6.07, 6.45) is 2.88. The average Bonchev–Trinajstić information content (AvgIpc) is 2.95. The Hall–Kier alpha value is -2.12. The zero-order chi connectivity index (χ0) is 15.9. The zero-order valence-electron chi connectivity index (χ0n) is 11.9. The van der Waals surface area contributed by atoms with Crippen molar-refractivity contribution in [2.45, 2.75) is 6.61 Å². The van der Waals surface area contributed by atoms with Crippen LogP contribution in [0.3, 0.4) is 0 Å². The van der Waals surface area contributed by atoms with Crippen molar-refractivity contribution in [1.82, 2.24) is 9.59 Å². The van der Waals surface area contributed by atoms with E-state index < -0.39 is 5.97 Å². The van der Waals surface area contributed by atoms with Crippen molar-refractivity contribution in [3.63, 3.8) is 0 Å². The van der Waals surface area contributed by atoms with E-state index in [-0.39, 0.29) is 6.61 Å². The van der Waals surface area contributed by atoms with Gasteiger partial charge < -0.3 is 14.2 Å². The molecule has 2 rings (SSSR count). The Morgan fingerprint density at radius 2 is 2.18 bits per heavy atom. The maximum absolute atomic E-state index is 11.7. The van der Waals surface area contributed by atoms with Crippen LogP contribution in [0.15, 0.2) is 24.3 Å². The molecule has 1 aromatic heterocycles. The number of carbonyl (C=O) groups excluding carboxylic acids is 1. The summed E-state index contributed by atoms with van der Waals surface area (Å²) in [7, 11) is 3.11. The molecular formula is C14H13ClN2O4S. The van der Waals surface area contributed by atoms with Gasteiger partial charge in [-0.15, -0.1) is 5.10 Å². The smallest absolute Gasteiger partial charge is 0.331 e. The summed E-state index contributed by atoms with van der Waals surface area (Å²) in [6.45, 7) is -0.0201. The van der Waals surface area contributed by atoms with E-state index >= 15 is 0 Å². The number of rotatable bonds is 6. The lowest BCUT2D eigenvalue weighted by Gasteiger charge is -2.07. The highest BCUT2D eigenvalue weighted by atomic mass is 35.5. The SMILES string of the molecule is COc1ccc(OC)c(/C=C/C(=O)OCc2nnsc2Cl)c1. The number of nitrogens with zero attached hydrogens (tertiary/aromatic N) is 2. The van der Waals surface area contributed by atoms with Crippen LogP contribution in [0, 0.1) is 0 Å². The van der Waals surface area contributed by atoms with Crippen LogP contribution in [0.25, 0.3) is 6.08 Å². The quantitative estimate of drug-likeness (QED) is 0.594. The largest absolute Gasteiger partial charge is 0.497 e. The molecule has 0 aliphatic rings. The lowest BCUT2D eigenvalue weighted by Crippen LogP contribution is -2.01. The van der Waals surface area contributed by atoms with Crippen molar-refractivity contribution < 1.29 is 19.0 Å². The number of hydrogen-bond donors (Lipinski definition) is 0. The first-order valence-corrected chi connectivity index (χ1v) is 7.32. The molecule has 0 aliphatic heterocycles. The molecule has 0 fully saturated rings. The number of methoxy groups -OCH3 is 2. The molecule has 0 unspecified atom stereocenters. The normalized spacial score (nSPS) is 10.7. The predicted octanol–water partition coefficient (Wildman–Crippen LogP) is 2.97. The van der Waals surface area contributed by atoms with E-state index in [9.17, 15) is 4.79 Å². The second-order valence-corrected chi connectivity index (χ2v) is 5.40. The second kappa shape index (κ2) is 7.77. The summed E-state index contributed by atoms with van der Waals surface area (Å²) in [4.78, 5) is 11.7. The minimum Gasteiger partial charge on any atom is -0.497 e. The minimum atomic E-state index is -0.520. The van der Waals surface area contributed by atoms with E-state index in [2.05, 4.69) is 9.59 Å². The first-order valence-electron chi connectivity index (χ1n) is 6.17. The molecule has 1 heterocycles. The average molecular weight is 341 g/mol. The van der Waals surface area contributed by atoms with E-state index in [4.69, 9.17) is 25.8 Å². The molecule has 22 heavy (non-hydrogen) atoms. The lowest BCUT2D eigenvalue weighted by atomic mass is 10.1. The van der Waals surface area contributed by atoms with Gasteiger partial charge in [0, 0.05) is 23.2 Å². The third-order valence-electron chi connectivity index (χ3n) is 2.70. The molecule has 0 saturated carbocycles. The standard InChI is InChI=1S/C14H13ClN2O4S/c1-19-10-4-5-12(20-2)9(7-10)3-6-13(18)21-8-11-14(15)22-17-16-11/h3-7H,8H2,1-2H3/b6-3+. The third-order valence-corrected chi connectivity index (χ3v) is 3.68. The number of hydrogen-bond acceptors (Lipinski definition) is 7. The molecule has 0 amide bonds. The van der Waals surface area contributed by atoms with Crippen molar-refractivity contribution >= 4 is 35.2 Å². The van der Waals surface area contributed by atoms with Gasteiger partial charge in [0.1, 0.15) is 28.1 Å². The van der Waals surface area contributed by atoms with Crippen LogP contribution >= 0.6 is 23.1 Å². The monoisotopic (exact) mass is 340 g/mol. The number of ether oxygens (including phenoxy) is 3. The Kier molecular flexibility index (Phi) is 5.74. The summed E-state index contributed by atoms with van der Waals surface area (Å²) >= 11 is 6.86. The topological polar surface area (TPSA) is 70.5 Å². The summed E-state index contributed by atoms with van der Waals surface area (Å²) in [5.41, 5.74) is 1.14. The van der Waals surface area contributed by atoms with E-state index in [1.165, 1.54) is 6.08 Å². The van der Waals surface area contributed by atoms with Gasteiger partial charge in [0.2, 0.25) is 0 Å². The maximum Gasteiger partial charge on any atom is 0.331 e. The molecule has 8 heteroatoms. The van der Waals surface area contributed by atoms with Gasteiger partial charge in [-0.2, -0.15) is 0 Å². The molecule has 0 N–H and O–H groups in total. The van der Waals surface area contributed by atoms with Gasteiger partial charge in [-0.05, 0) is 24.3 Å². The first-order chi connectivity index (χ1) is 10.6. The van der Waals surface area contributed by atoms with Crippen LogP contribution in [0.4, 0.5) is 0 Å².